The third-order valence-electron chi connectivity index (χ3n) is 2.53. The van der Waals surface area contributed by atoms with Crippen LogP contribution in [-0.4, -0.2) is 16.6 Å². The molecule has 1 aromatic carbocycles. The number of carbonyl (C=O) groups is 1. The topological polar surface area (TPSA) is 30.0 Å². The molecule has 1 heterocycles. The van der Waals surface area contributed by atoms with Gasteiger partial charge in [-0.3, -0.25) is 4.79 Å². The summed E-state index contributed by atoms with van der Waals surface area (Å²) in [6.45, 7) is 4.08. The molecule has 2 aromatic rings. The Hall–Kier alpha value is -1.19. The highest BCUT2D eigenvalue weighted by atomic mass is 35.5. The van der Waals surface area contributed by atoms with E-state index in [9.17, 15) is 4.79 Å². The summed E-state index contributed by atoms with van der Waals surface area (Å²) in [7, 11) is 0. The fraction of sp³-hybridized carbons (Fsp3) is 0.231. The van der Waals surface area contributed by atoms with Crippen molar-refractivity contribution in [3.8, 4) is 11.3 Å². The minimum absolute atomic E-state index is 0.0141. The van der Waals surface area contributed by atoms with E-state index in [0.29, 0.717) is 5.01 Å². The lowest BCUT2D eigenvalue weighted by molar-refractivity contribution is 0.102. The van der Waals surface area contributed by atoms with E-state index in [2.05, 4.69) is 23.2 Å². The summed E-state index contributed by atoms with van der Waals surface area (Å²) in [5.74, 6) is -0.132. The molecule has 17 heavy (non-hydrogen) atoms. The maximum absolute atomic E-state index is 11.4. The average Bonchev–Trinajstić information content (AvgIpc) is 2.80. The number of halogens is 1. The van der Waals surface area contributed by atoms with Crippen molar-refractivity contribution < 1.29 is 4.79 Å². The Bertz CT molecular complexity index is 562. The molecule has 0 aliphatic heterocycles. The summed E-state index contributed by atoms with van der Waals surface area (Å²) in [4.78, 5) is 15.8. The van der Waals surface area contributed by atoms with Gasteiger partial charge in [0.1, 0.15) is 0 Å². The molecule has 2 nitrogen and oxygen atoms in total. The first-order chi connectivity index (χ1) is 8.11. The van der Waals surface area contributed by atoms with Crippen molar-refractivity contribution in [3.05, 3.63) is 39.7 Å². The van der Waals surface area contributed by atoms with Crippen LogP contribution in [0.25, 0.3) is 11.3 Å². The predicted octanol–water partition coefficient (Wildman–Crippen LogP) is 3.85. The van der Waals surface area contributed by atoms with Crippen LogP contribution in [0.1, 0.15) is 20.9 Å². The van der Waals surface area contributed by atoms with E-state index in [1.807, 2.05) is 19.2 Å². The maximum atomic E-state index is 11.4. The Labute approximate surface area is 109 Å². The van der Waals surface area contributed by atoms with E-state index < -0.39 is 0 Å². The van der Waals surface area contributed by atoms with Crippen LogP contribution in [-0.2, 0) is 0 Å². The molecule has 0 spiro atoms. The molecule has 0 aliphatic carbocycles. The molecule has 0 amide bonds. The normalized spacial score (nSPS) is 10.5. The summed E-state index contributed by atoms with van der Waals surface area (Å²) in [5, 5.41) is 2.39. The van der Waals surface area contributed by atoms with Crippen LogP contribution in [0, 0.1) is 13.8 Å². The molecule has 0 saturated heterocycles. The molecule has 0 fully saturated rings. The molecular formula is C13H12ClNOS. The van der Waals surface area contributed by atoms with Gasteiger partial charge in [0.25, 0.3) is 0 Å². The molecule has 4 heteroatoms. The number of nitrogens with zero attached hydrogens (tertiary/aromatic N) is 1. The maximum Gasteiger partial charge on any atom is 0.206 e. The van der Waals surface area contributed by atoms with Crippen LogP contribution >= 0.6 is 22.9 Å². The van der Waals surface area contributed by atoms with Gasteiger partial charge in [-0.25, -0.2) is 4.98 Å². The van der Waals surface area contributed by atoms with Gasteiger partial charge < -0.3 is 0 Å². The van der Waals surface area contributed by atoms with Crippen molar-refractivity contribution in [1.82, 2.24) is 4.98 Å². The largest absolute Gasteiger partial charge is 0.290 e. The zero-order chi connectivity index (χ0) is 12.4. The number of ketones is 1. The second kappa shape index (κ2) is 4.98. The van der Waals surface area contributed by atoms with Gasteiger partial charge >= 0.3 is 0 Å². The quantitative estimate of drug-likeness (QED) is 0.623. The standard InChI is InChI=1S/C13H12ClNOS/c1-8-3-4-9(2)10(5-8)11-7-17-13(15-11)12(16)6-14/h3-5,7H,6H2,1-2H3. The Morgan fingerprint density at radius 1 is 1.41 bits per heavy atom. The van der Waals surface area contributed by atoms with Crippen LogP contribution in [0.4, 0.5) is 0 Å². The van der Waals surface area contributed by atoms with Gasteiger partial charge in [0, 0.05) is 10.9 Å². The number of alkyl halides is 1. The molecular weight excluding hydrogens is 254 g/mol. The van der Waals surface area contributed by atoms with Gasteiger partial charge in [0.2, 0.25) is 5.78 Å². The number of benzene rings is 1. The monoisotopic (exact) mass is 265 g/mol. The van der Waals surface area contributed by atoms with Crippen molar-refractivity contribution in [1.29, 1.82) is 0 Å². The summed E-state index contributed by atoms with van der Waals surface area (Å²) in [6.07, 6.45) is 0. The SMILES string of the molecule is Cc1ccc(C)c(-c2csc(C(=O)CCl)n2)c1. The Morgan fingerprint density at radius 3 is 2.88 bits per heavy atom. The molecule has 0 unspecified atom stereocenters. The van der Waals surface area contributed by atoms with Crippen molar-refractivity contribution in [2.45, 2.75) is 13.8 Å². The zero-order valence-electron chi connectivity index (χ0n) is 9.66. The second-order valence-corrected chi connectivity index (χ2v) is 5.04. The molecule has 0 bridgehead atoms. The lowest BCUT2D eigenvalue weighted by Crippen LogP contribution is -1.99. The summed E-state index contributed by atoms with van der Waals surface area (Å²) >= 11 is 6.86. The van der Waals surface area contributed by atoms with Crippen molar-refractivity contribution in [2.24, 2.45) is 0 Å². The number of aryl methyl sites for hydroxylation is 2. The molecule has 0 saturated carbocycles. The molecule has 0 aliphatic rings. The van der Waals surface area contributed by atoms with E-state index in [-0.39, 0.29) is 11.7 Å². The number of rotatable bonds is 3. The van der Waals surface area contributed by atoms with Crippen molar-refractivity contribution in [2.75, 3.05) is 5.88 Å². The molecule has 88 valence electrons. The highest BCUT2D eigenvalue weighted by Gasteiger charge is 2.12. The third-order valence-corrected chi connectivity index (χ3v) is 3.66. The average molecular weight is 266 g/mol. The summed E-state index contributed by atoms with van der Waals surface area (Å²) in [6, 6.07) is 6.21. The number of thiazole rings is 1. The minimum atomic E-state index is -0.117. The van der Waals surface area contributed by atoms with Crippen molar-refractivity contribution >= 4 is 28.7 Å². The highest BCUT2D eigenvalue weighted by molar-refractivity contribution is 7.12. The fourth-order valence-corrected chi connectivity index (χ4v) is 2.56. The van der Waals surface area contributed by atoms with Gasteiger partial charge in [-0.1, -0.05) is 17.7 Å². The summed E-state index contributed by atoms with van der Waals surface area (Å²) in [5.41, 5.74) is 4.27. The van der Waals surface area contributed by atoms with Crippen LogP contribution in [0.15, 0.2) is 23.6 Å². The molecule has 0 radical (unpaired) electrons. The number of aromatic nitrogens is 1. The minimum Gasteiger partial charge on any atom is -0.290 e. The van der Waals surface area contributed by atoms with Crippen LogP contribution in [0.5, 0.6) is 0 Å². The van der Waals surface area contributed by atoms with Crippen LogP contribution in [0.3, 0.4) is 0 Å². The first-order valence-corrected chi connectivity index (χ1v) is 6.65. The van der Waals surface area contributed by atoms with Gasteiger partial charge in [-0.05, 0) is 25.5 Å². The Morgan fingerprint density at radius 2 is 2.18 bits per heavy atom. The highest BCUT2D eigenvalue weighted by Crippen LogP contribution is 2.26. The van der Waals surface area contributed by atoms with E-state index in [1.165, 1.54) is 16.9 Å². The summed E-state index contributed by atoms with van der Waals surface area (Å²) < 4.78 is 0. The number of hydrogen-bond acceptors (Lipinski definition) is 3. The predicted molar refractivity (Wildman–Crippen MR) is 72.1 cm³/mol. The van der Waals surface area contributed by atoms with E-state index >= 15 is 0 Å². The molecule has 0 N–H and O–H groups in total. The Balaban J connectivity index is 2.43. The van der Waals surface area contributed by atoms with Crippen LogP contribution < -0.4 is 0 Å². The first-order valence-electron chi connectivity index (χ1n) is 5.24. The number of hydrogen-bond donors (Lipinski definition) is 0. The lowest BCUT2D eigenvalue weighted by atomic mass is 10.0. The zero-order valence-corrected chi connectivity index (χ0v) is 11.2. The van der Waals surface area contributed by atoms with E-state index in [4.69, 9.17) is 11.6 Å². The number of carbonyl (C=O) groups excluding carboxylic acids is 1. The molecule has 1 aromatic heterocycles. The van der Waals surface area contributed by atoms with Gasteiger partial charge in [0.15, 0.2) is 5.01 Å². The van der Waals surface area contributed by atoms with E-state index in [1.54, 1.807) is 0 Å². The second-order valence-electron chi connectivity index (χ2n) is 3.91. The number of Topliss-reactive ketones (excluding diaryl/α,β-unsaturated/α-hetero) is 1. The molecule has 2 rings (SSSR count). The van der Waals surface area contributed by atoms with Gasteiger partial charge in [-0.15, -0.1) is 22.9 Å². The first kappa shape index (κ1) is 12.3. The van der Waals surface area contributed by atoms with Gasteiger partial charge in [-0.2, -0.15) is 0 Å². The lowest BCUT2D eigenvalue weighted by Gasteiger charge is -2.03. The van der Waals surface area contributed by atoms with Gasteiger partial charge in [0.05, 0.1) is 11.6 Å². The fourth-order valence-electron chi connectivity index (χ4n) is 1.59. The molecule has 0 atom stereocenters. The third kappa shape index (κ3) is 2.56. The van der Waals surface area contributed by atoms with Crippen molar-refractivity contribution in [3.63, 3.8) is 0 Å². The van der Waals surface area contributed by atoms with Crippen LogP contribution in [0.2, 0.25) is 0 Å². The smallest absolute Gasteiger partial charge is 0.206 e. The van der Waals surface area contributed by atoms with E-state index in [0.717, 1.165) is 16.8 Å². The Kier molecular flexibility index (Phi) is 3.60.